The van der Waals surface area contributed by atoms with Crippen LogP contribution < -0.4 is 4.74 Å². The molecule has 0 bridgehead atoms. The maximum absolute atomic E-state index is 12.1. The molecule has 3 aromatic rings. The lowest BCUT2D eigenvalue weighted by molar-refractivity contribution is -0.274. The highest BCUT2D eigenvalue weighted by molar-refractivity contribution is 5.79. The number of aromatic nitrogens is 4. The van der Waals surface area contributed by atoms with Gasteiger partial charge in [-0.2, -0.15) is 0 Å². The van der Waals surface area contributed by atoms with E-state index in [2.05, 4.69) is 19.9 Å². The molecule has 5 nitrogen and oxygen atoms in total. The average Bonchev–Trinajstić information content (AvgIpc) is 2.69. The van der Waals surface area contributed by atoms with Gasteiger partial charge in [-0.15, -0.1) is 23.4 Å². The standard InChI is InChI=1S/C11H7F3N4O/c1-6-16-17-10-5-15-8-4-7(19-11(12,13)14)2-3-9(8)18(6)10/h2-5H,1H3. The van der Waals surface area contributed by atoms with Crippen LogP contribution in [0.3, 0.4) is 0 Å². The normalized spacial score (nSPS) is 12.2. The Morgan fingerprint density at radius 1 is 1.21 bits per heavy atom. The van der Waals surface area contributed by atoms with Gasteiger partial charge in [-0.05, 0) is 19.1 Å². The quantitative estimate of drug-likeness (QED) is 0.680. The van der Waals surface area contributed by atoms with Crippen LogP contribution in [0.15, 0.2) is 24.4 Å². The summed E-state index contributed by atoms with van der Waals surface area (Å²) in [5, 5.41) is 7.78. The Balaban J connectivity index is 2.19. The molecule has 2 aromatic heterocycles. The maximum atomic E-state index is 12.1. The van der Waals surface area contributed by atoms with E-state index >= 15 is 0 Å². The number of fused-ring (bicyclic) bond motifs is 3. The highest BCUT2D eigenvalue weighted by atomic mass is 19.4. The molecule has 0 aliphatic rings. The maximum Gasteiger partial charge on any atom is 0.573 e. The molecule has 3 rings (SSSR count). The smallest absolute Gasteiger partial charge is 0.406 e. The highest BCUT2D eigenvalue weighted by Gasteiger charge is 2.31. The van der Waals surface area contributed by atoms with E-state index in [1.165, 1.54) is 24.4 Å². The first-order valence-electron chi connectivity index (χ1n) is 5.30. The minimum Gasteiger partial charge on any atom is -0.406 e. The number of benzene rings is 1. The zero-order valence-electron chi connectivity index (χ0n) is 9.64. The molecule has 0 saturated carbocycles. The van der Waals surface area contributed by atoms with Gasteiger partial charge in [0, 0.05) is 6.07 Å². The fraction of sp³-hybridized carbons (Fsp3) is 0.182. The number of ether oxygens (including phenoxy) is 1. The van der Waals surface area contributed by atoms with E-state index in [-0.39, 0.29) is 5.75 Å². The van der Waals surface area contributed by atoms with Gasteiger partial charge in [0.25, 0.3) is 0 Å². The summed E-state index contributed by atoms with van der Waals surface area (Å²) in [7, 11) is 0. The molecule has 0 fully saturated rings. The average molecular weight is 268 g/mol. The summed E-state index contributed by atoms with van der Waals surface area (Å²) in [5.41, 5.74) is 1.53. The van der Waals surface area contributed by atoms with Crippen molar-refractivity contribution in [2.45, 2.75) is 13.3 Å². The number of aryl methyl sites for hydroxylation is 1. The molecule has 0 N–H and O–H groups in total. The van der Waals surface area contributed by atoms with Gasteiger partial charge in [0.05, 0.1) is 17.2 Å². The monoisotopic (exact) mass is 268 g/mol. The summed E-state index contributed by atoms with van der Waals surface area (Å²) in [4.78, 5) is 4.04. The Kier molecular flexibility index (Phi) is 2.34. The molecule has 0 unspecified atom stereocenters. The predicted molar refractivity (Wildman–Crippen MR) is 59.7 cm³/mol. The van der Waals surface area contributed by atoms with Gasteiger partial charge in [-0.1, -0.05) is 0 Å². The molecular weight excluding hydrogens is 261 g/mol. The van der Waals surface area contributed by atoms with Gasteiger partial charge in [0.15, 0.2) is 5.65 Å². The van der Waals surface area contributed by atoms with E-state index < -0.39 is 6.36 Å². The first kappa shape index (κ1) is 11.7. The van der Waals surface area contributed by atoms with Gasteiger partial charge >= 0.3 is 6.36 Å². The molecule has 0 saturated heterocycles. The van der Waals surface area contributed by atoms with E-state index in [1.807, 2.05) is 0 Å². The topological polar surface area (TPSA) is 52.3 Å². The minimum absolute atomic E-state index is 0.308. The molecule has 0 amide bonds. The van der Waals surface area contributed by atoms with Crippen molar-refractivity contribution < 1.29 is 17.9 Å². The third-order valence-corrected chi connectivity index (χ3v) is 2.59. The first-order valence-corrected chi connectivity index (χ1v) is 5.30. The van der Waals surface area contributed by atoms with Crippen molar-refractivity contribution in [2.75, 3.05) is 0 Å². The van der Waals surface area contributed by atoms with E-state index in [0.29, 0.717) is 22.5 Å². The van der Waals surface area contributed by atoms with Gasteiger partial charge in [-0.3, -0.25) is 9.38 Å². The highest BCUT2D eigenvalue weighted by Crippen LogP contribution is 2.26. The third kappa shape index (κ3) is 2.05. The van der Waals surface area contributed by atoms with Crippen molar-refractivity contribution in [3.05, 3.63) is 30.2 Å². The van der Waals surface area contributed by atoms with Crippen molar-refractivity contribution in [3.63, 3.8) is 0 Å². The van der Waals surface area contributed by atoms with Gasteiger partial charge < -0.3 is 4.74 Å². The van der Waals surface area contributed by atoms with Gasteiger partial charge in [-0.25, -0.2) is 0 Å². The third-order valence-electron chi connectivity index (χ3n) is 2.59. The number of hydrogen-bond acceptors (Lipinski definition) is 4. The van der Waals surface area contributed by atoms with Crippen molar-refractivity contribution >= 4 is 16.7 Å². The summed E-state index contributed by atoms with van der Waals surface area (Å²) in [6, 6.07) is 3.95. The molecule has 1 aromatic carbocycles. The fourth-order valence-corrected chi connectivity index (χ4v) is 1.88. The molecule has 0 atom stereocenters. The van der Waals surface area contributed by atoms with Crippen molar-refractivity contribution in [3.8, 4) is 5.75 Å². The van der Waals surface area contributed by atoms with Crippen molar-refractivity contribution in [2.24, 2.45) is 0 Å². The molecular formula is C11H7F3N4O. The van der Waals surface area contributed by atoms with Crippen LogP contribution in [0.4, 0.5) is 13.2 Å². The summed E-state index contributed by atoms with van der Waals surface area (Å²) >= 11 is 0. The second-order valence-corrected chi connectivity index (χ2v) is 3.90. The molecule has 8 heteroatoms. The Bertz CT molecular complexity index is 766. The molecule has 2 heterocycles. The van der Waals surface area contributed by atoms with Crippen LogP contribution in [-0.4, -0.2) is 25.9 Å². The van der Waals surface area contributed by atoms with Crippen LogP contribution >= 0.6 is 0 Å². The summed E-state index contributed by atoms with van der Waals surface area (Å²) < 4.78 is 42.0. The Labute approximate surface area is 104 Å². The minimum atomic E-state index is -4.72. The zero-order chi connectivity index (χ0) is 13.6. The number of alkyl halides is 3. The van der Waals surface area contributed by atoms with Crippen LogP contribution in [0, 0.1) is 6.92 Å². The summed E-state index contributed by atoms with van der Waals surface area (Å²) in [6.07, 6.45) is -3.27. The number of halogens is 3. The molecule has 19 heavy (non-hydrogen) atoms. The lowest BCUT2D eigenvalue weighted by atomic mass is 10.3. The van der Waals surface area contributed by atoms with E-state index in [9.17, 15) is 13.2 Å². The predicted octanol–water partition coefficient (Wildman–Crippen LogP) is 2.48. The second kappa shape index (κ2) is 3.81. The molecule has 0 aliphatic carbocycles. The van der Waals surface area contributed by atoms with Crippen molar-refractivity contribution in [1.29, 1.82) is 0 Å². The second-order valence-electron chi connectivity index (χ2n) is 3.90. The number of rotatable bonds is 1. The first-order chi connectivity index (χ1) is 8.94. The summed E-state index contributed by atoms with van der Waals surface area (Å²) in [6.45, 7) is 1.75. The Hall–Kier alpha value is -2.38. The lowest BCUT2D eigenvalue weighted by Gasteiger charge is -2.09. The van der Waals surface area contributed by atoms with E-state index in [1.54, 1.807) is 11.3 Å². The molecule has 0 radical (unpaired) electrons. The van der Waals surface area contributed by atoms with E-state index in [0.717, 1.165) is 0 Å². The Morgan fingerprint density at radius 3 is 2.74 bits per heavy atom. The summed E-state index contributed by atoms with van der Waals surface area (Å²) in [5.74, 6) is 0.324. The molecule has 0 aliphatic heterocycles. The fourth-order valence-electron chi connectivity index (χ4n) is 1.88. The van der Waals surface area contributed by atoms with Crippen LogP contribution in [0.2, 0.25) is 0 Å². The zero-order valence-corrected chi connectivity index (χ0v) is 9.64. The molecule has 0 spiro atoms. The van der Waals surface area contributed by atoms with Gasteiger partial charge in [0.2, 0.25) is 0 Å². The van der Waals surface area contributed by atoms with Crippen LogP contribution in [-0.2, 0) is 0 Å². The largest absolute Gasteiger partial charge is 0.573 e. The SMILES string of the molecule is Cc1nnc2cnc3cc(OC(F)(F)F)ccc3n12. The Morgan fingerprint density at radius 2 is 2.00 bits per heavy atom. The van der Waals surface area contributed by atoms with Crippen LogP contribution in [0.5, 0.6) is 5.75 Å². The van der Waals surface area contributed by atoms with Crippen LogP contribution in [0.1, 0.15) is 5.82 Å². The van der Waals surface area contributed by atoms with Crippen LogP contribution in [0.25, 0.3) is 16.7 Å². The molecule has 98 valence electrons. The van der Waals surface area contributed by atoms with Crippen molar-refractivity contribution in [1.82, 2.24) is 19.6 Å². The van der Waals surface area contributed by atoms with E-state index in [4.69, 9.17) is 0 Å². The number of hydrogen-bond donors (Lipinski definition) is 0. The van der Waals surface area contributed by atoms with Gasteiger partial charge in [0.1, 0.15) is 11.6 Å². The lowest BCUT2D eigenvalue weighted by Crippen LogP contribution is -2.17. The number of nitrogens with zero attached hydrogens (tertiary/aromatic N) is 4.